The maximum absolute atomic E-state index is 8.84. The van der Waals surface area contributed by atoms with Gasteiger partial charge in [0.15, 0.2) is 0 Å². The molecule has 0 heterocycles. The predicted molar refractivity (Wildman–Crippen MR) is 83.8 cm³/mol. The zero-order chi connectivity index (χ0) is 18.7. The average molecular weight is 308 g/mol. The molecule has 1 atom stereocenters. The summed E-state index contributed by atoms with van der Waals surface area (Å²) in [4.78, 5) is 0. The van der Waals surface area contributed by atoms with E-state index in [-0.39, 0.29) is 5.75 Å². The maximum Gasteiger partial charge on any atom is 0.269 e. The van der Waals surface area contributed by atoms with Gasteiger partial charge in [-0.25, -0.2) is 0 Å². The van der Waals surface area contributed by atoms with Gasteiger partial charge in [0.25, 0.3) is 6.49 Å². The molecule has 0 aromatic heterocycles. The van der Waals surface area contributed by atoms with E-state index in [0.29, 0.717) is 10.9 Å². The van der Waals surface area contributed by atoms with Gasteiger partial charge in [0, 0.05) is 9.42 Å². The topological polar surface area (TPSA) is 42.2 Å². The fourth-order valence-corrected chi connectivity index (χ4v) is 3.56. The van der Waals surface area contributed by atoms with Crippen LogP contribution in [0.1, 0.15) is 19.3 Å². The van der Waals surface area contributed by atoms with Crippen LogP contribution in [0.15, 0.2) is 54.6 Å². The van der Waals surface area contributed by atoms with Crippen molar-refractivity contribution in [2.45, 2.75) is 6.85 Å². The molecule has 0 radical (unpaired) electrons. The van der Waals surface area contributed by atoms with E-state index in [1.807, 2.05) is 6.07 Å². The second kappa shape index (κ2) is 6.67. The van der Waals surface area contributed by atoms with Crippen LogP contribution in [-0.2, 0) is 16.3 Å². The molecule has 20 heavy (non-hydrogen) atoms. The van der Waals surface area contributed by atoms with Gasteiger partial charge in [0.1, 0.15) is 5.75 Å². The Morgan fingerprint density at radius 2 is 1.95 bits per heavy atom. The van der Waals surface area contributed by atoms with Gasteiger partial charge >= 0.3 is 0 Å². The molecule has 0 bridgehead atoms. The standard InChI is InChI=1S/C15H14NO2PS/c1-2-17-19(20,15-6-4-3-5-7-15)18-14-10-8-13(12-16)9-11-14/h3-11H,2H2,1H3/i1D3,2D2. The summed E-state index contributed by atoms with van der Waals surface area (Å²) in [5.74, 6) is 0.257. The molecular weight excluding hydrogens is 289 g/mol. The van der Waals surface area contributed by atoms with Crippen LogP contribution >= 0.6 is 6.49 Å². The van der Waals surface area contributed by atoms with Crippen LogP contribution in [0, 0.1) is 11.3 Å². The minimum Gasteiger partial charge on any atom is -0.440 e. The molecule has 102 valence electrons. The van der Waals surface area contributed by atoms with Crippen molar-refractivity contribution in [1.82, 2.24) is 0 Å². The van der Waals surface area contributed by atoms with E-state index in [1.165, 1.54) is 24.3 Å². The SMILES string of the molecule is [2H]C([2H])([2H])C([2H])([2H])OP(=S)(Oc1ccc(C#N)cc1)c1ccccc1. The van der Waals surface area contributed by atoms with Crippen molar-refractivity contribution in [1.29, 1.82) is 5.26 Å². The summed E-state index contributed by atoms with van der Waals surface area (Å²) in [6.45, 7) is -9.53. The second-order valence-electron chi connectivity index (χ2n) is 3.75. The minimum atomic E-state index is -3.52. The van der Waals surface area contributed by atoms with E-state index in [0.717, 1.165) is 0 Å². The first-order chi connectivity index (χ1) is 11.6. The van der Waals surface area contributed by atoms with Crippen molar-refractivity contribution in [3.05, 3.63) is 60.2 Å². The molecule has 0 aliphatic heterocycles. The fourth-order valence-electron chi connectivity index (χ4n) is 1.52. The smallest absolute Gasteiger partial charge is 0.269 e. The Balaban J connectivity index is 2.43. The molecule has 0 saturated carbocycles. The van der Waals surface area contributed by atoms with Crippen molar-refractivity contribution in [3.63, 3.8) is 0 Å². The Morgan fingerprint density at radius 3 is 2.55 bits per heavy atom. The summed E-state index contributed by atoms with van der Waals surface area (Å²) < 4.78 is 48.4. The minimum absolute atomic E-state index is 0.257. The van der Waals surface area contributed by atoms with Gasteiger partial charge < -0.3 is 9.05 Å². The van der Waals surface area contributed by atoms with Crippen molar-refractivity contribution in [3.8, 4) is 11.8 Å². The van der Waals surface area contributed by atoms with Crippen LogP contribution in [0.5, 0.6) is 5.75 Å². The molecule has 2 aromatic carbocycles. The Morgan fingerprint density at radius 1 is 1.25 bits per heavy atom. The molecule has 0 aliphatic rings. The van der Waals surface area contributed by atoms with Gasteiger partial charge in [-0.1, -0.05) is 18.2 Å². The first kappa shape index (κ1) is 9.31. The van der Waals surface area contributed by atoms with Crippen LogP contribution in [0.25, 0.3) is 0 Å². The van der Waals surface area contributed by atoms with Crippen LogP contribution in [-0.4, -0.2) is 6.56 Å². The predicted octanol–water partition coefficient (Wildman–Crippen LogP) is 3.61. The fraction of sp³-hybridized carbons (Fsp3) is 0.133. The van der Waals surface area contributed by atoms with Crippen molar-refractivity contribution in [2.75, 3.05) is 6.56 Å². The molecule has 1 unspecified atom stereocenters. The molecule has 0 aliphatic carbocycles. The molecule has 5 heteroatoms. The summed E-state index contributed by atoms with van der Waals surface area (Å²) in [7, 11) is 0. The summed E-state index contributed by atoms with van der Waals surface area (Å²) in [5, 5.41) is 9.22. The molecular formula is C15H14NO2PS. The Hall–Kier alpha value is -1.66. The van der Waals surface area contributed by atoms with E-state index in [1.54, 1.807) is 30.3 Å². The van der Waals surface area contributed by atoms with E-state index >= 15 is 0 Å². The van der Waals surface area contributed by atoms with Crippen LogP contribution in [0.4, 0.5) is 0 Å². The molecule has 0 amide bonds. The highest BCUT2D eigenvalue weighted by Crippen LogP contribution is 2.47. The lowest BCUT2D eigenvalue weighted by Crippen LogP contribution is -2.11. The van der Waals surface area contributed by atoms with Gasteiger partial charge in [0.05, 0.1) is 20.9 Å². The number of hydrogen-bond acceptors (Lipinski definition) is 4. The van der Waals surface area contributed by atoms with Gasteiger partial charge in [-0.05, 0) is 55.1 Å². The summed E-state index contributed by atoms with van der Waals surface area (Å²) in [5.41, 5.74) is 0.416. The molecule has 0 fully saturated rings. The zero-order valence-corrected chi connectivity index (χ0v) is 12.0. The van der Waals surface area contributed by atoms with Crippen molar-refractivity contribution < 1.29 is 15.9 Å². The number of rotatable bonds is 5. The molecule has 0 spiro atoms. The van der Waals surface area contributed by atoms with E-state index < -0.39 is 19.9 Å². The largest absolute Gasteiger partial charge is 0.440 e. The number of nitrogens with zero attached hydrogens (tertiary/aromatic N) is 1. The van der Waals surface area contributed by atoms with E-state index in [2.05, 4.69) is 0 Å². The lowest BCUT2D eigenvalue weighted by Gasteiger charge is -2.22. The van der Waals surface area contributed by atoms with Crippen LogP contribution < -0.4 is 9.83 Å². The van der Waals surface area contributed by atoms with Gasteiger partial charge in [0.2, 0.25) is 0 Å². The molecule has 0 saturated heterocycles. The average Bonchev–Trinajstić information content (AvgIpc) is 2.55. The summed E-state index contributed by atoms with van der Waals surface area (Å²) in [6, 6.07) is 16.3. The first-order valence-corrected chi connectivity index (χ1v) is 8.27. The highest BCUT2D eigenvalue weighted by atomic mass is 32.5. The van der Waals surface area contributed by atoms with Gasteiger partial charge in [-0.2, -0.15) is 5.26 Å². The monoisotopic (exact) mass is 308 g/mol. The van der Waals surface area contributed by atoms with Crippen molar-refractivity contribution >= 4 is 23.6 Å². The first-order valence-electron chi connectivity index (χ1n) is 8.14. The Bertz CT molecular complexity index is 819. The molecule has 2 rings (SSSR count). The lowest BCUT2D eigenvalue weighted by atomic mass is 10.2. The zero-order valence-electron chi connectivity index (χ0n) is 15.3. The number of nitriles is 1. The lowest BCUT2D eigenvalue weighted by molar-refractivity contribution is 0.339. The Labute approximate surface area is 131 Å². The number of benzene rings is 2. The Kier molecular flexibility index (Phi) is 3.11. The maximum atomic E-state index is 8.84. The van der Waals surface area contributed by atoms with Crippen molar-refractivity contribution in [2.24, 2.45) is 0 Å². The second-order valence-corrected chi connectivity index (χ2v) is 7.07. The summed E-state index contributed by atoms with van der Waals surface area (Å²) in [6.07, 6.45) is 0. The highest BCUT2D eigenvalue weighted by molar-refractivity contribution is 8.13. The van der Waals surface area contributed by atoms with E-state index in [9.17, 15) is 0 Å². The van der Waals surface area contributed by atoms with Crippen LogP contribution in [0.3, 0.4) is 0 Å². The molecule has 2 aromatic rings. The molecule has 3 nitrogen and oxygen atoms in total. The number of hydrogen-bond donors (Lipinski definition) is 0. The normalized spacial score (nSPS) is 18.2. The van der Waals surface area contributed by atoms with Crippen LogP contribution in [0.2, 0.25) is 0 Å². The summed E-state index contributed by atoms with van der Waals surface area (Å²) >= 11 is 5.44. The third-order valence-electron chi connectivity index (χ3n) is 2.45. The quantitative estimate of drug-likeness (QED) is 0.791. The van der Waals surface area contributed by atoms with Gasteiger partial charge in [-0.3, -0.25) is 0 Å². The van der Waals surface area contributed by atoms with E-state index in [4.69, 9.17) is 33.0 Å². The third kappa shape index (κ3) is 3.46. The molecule has 0 N–H and O–H groups in total. The van der Waals surface area contributed by atoms with Gasteiger partial charge in [-0.15, -0.1) is 0 Å². The third-order valence-corrected chi connectivity index (χ3v) is 5.24. The highest BCUT2D eigenvalue weighted by Gasteiger charge is 2.22.